The van der Waals surface area contributed by atoms with Gasteiger partial charge >= 0.3 is 0 Å². The number of hydrogen-bond acceptors (Lipinski definition) is 5. The van der Waals surface area contributed by atoms with Crippen LogP contribution in [-0.2, 0) is 11.8 Å². The minimum Gasteiger partial charge on any atom is -0.323 e. The third-order valence-electron chi connectivity index (χ3n) is 3.44. The first-order valence-electron chi connectivity index (χ1n) is 8.06. The van der Waals surface area contributed by atoms with Crippen LogP contribution in [0, 0.1) is 13.8 Å². The van der Waals surface area contributed by atoms with Gasteiger partial charge in [0.2, 0.25) is 5.91 Å². The van der Waals surface area contributed by atoms with Crippen LogP contribution in [0.25, 0.3) is 6.08 Å². The Kier molecular flexibility index (Phi) is 5.48. The lowest BCUT2D eigenvalue weighted by molar-refractivity contribution is -0.111. The van der Waals surface area contributed by atoms with Gasteiger partial charge < -0.3 is 5.32 Å². The summed E-state index contributed by atoms with van der Waals surface area (Å²) in [4.78, 5) is 21.8. The van der Waals surface area contributed by atoms with Gasteiger partial charge in [-0.2, -0.15) is 5.10 Å². The van der Waals surface area contributed by atoms with Gasteiger partial charge in [-0.05, 0) is 62.0 Å². The average Bonchev–Trinajstić information content (AvgIpc) is 2.99. The topological polar surface area (TPSA) is 72.7 Å². The van der Waals surface area contributed by atoms with E-state index >= 15 is 0 Å². The lowest BCUT2D eigenvalue weighted by Gasteiger charge is -2.05. The van der Waals surface area contributed by atoms with Crippen molar-refractivity contribution in [2.45, 2.75) is 23.9 Å². The molecule has 0 aliphatic heterocycles. The predicted octanol–water partition coefficient (Wildman–Crippen LogP) is 3.63. The number of nitrogens with zero attached hydrogens (tertiary/aromatic N) is 4. The first kappa shape index (κ1) is 17.9. The Bertz CT molecular complexity index is 927. The van der Waals surface area contributed by atoms with Crippen LogP contribution in [0.15, 0.2) is 58.9 Å². The fraction of sp³-hybridized carbons (Fsp3) is 0.158. The summed E-state index contributed by atoms with van der Waals surface area (Å²) >= 11 is 1.50. The molecule has 26 heavy (non-hydrogen) atoms. The highest BCUT2D eigenvalue weighted by Gasteiger charge is 2.04. The van der Waals surface area contributed by atoms with Gasteiger partial charge in [-0.1, -0.05) is 0 Å². The highest BCUT2D eigenvalue weighted by molar-refractivity contribution is 7.99. The van der Waals surface area contributed by atoms with Gasteiger partial charge in [-0.3, -0.25) is 9.48 Å². The lowest BCUT2D eigenvalue weighted by atomic mass is 10.3. The van der Waals surface area contributed by atoms with Crippen LogP contribution in [0.1, 0.15) is 17.0 Å². The molecule has 132 valence electrons. The second kappa shape index (κ2) is 7.97. The number of benzene rings is 1. The quantitative estimate of drug-likeness (QED) is 0.552. The number of aromatic nitrogens is 4. The van der Waals surface area contributed by atoms with Crippen LogP contribution >= 0.6 is 11.8 Å². The van der Waals surface area contributed by atoms with Gasteiger partial charge in [0.1, 0.15) is 0 Å². The molecule has 0 spiro atoms. The van der Waals surface area contributed by atoms with Gasteiger partial charge in [0.15, 0.2) is 5.16 Å². The molecule has 0 aliphatic carbocycles. The van der Waals surface area contributed by atoms with Crippen LogP contribution in [0.5, 0.6) is 0 Å². The highest BCUT2D eigenvalue weighted by Crippen LogP contribution is 2.26. The molecule has 1 N–H and O–H groups in total. The van der Waals surface area contributed by atoms with Crippen molar-refractivity contribution in [3.8, 4) is 0 Å². The molecule has 6 nitrogen and oxygen atoms in total. The Hall–Kier alpha value is -2.93. The van der Waals surface area contributed by atoms with Gasteiger partial charge in [-0.15, -0.1) is 0 Å². The summed E-state index contributed by atoms with van der Waals surface area (Å²) in [5, 5.41) is 7.61. The zero-order chi connectivity index (χ0) is 18.5. The van der Waals surface area contributed by atoms with Crippen molar-refractivity contribution < 1.29 is 4.79 Å². The molecule has 2 aromatic heterocycles. The van der Waals surface area contributed by atoms with E-state index in [1.165, 1.54) is 17.8 Å². The van der Waals surface area contributed by atoms with E-state index in [2.05, 4.69) is 20.4 Å². The second-order valence-corrected chi connectivity index (χ2v) is 6.87. The van der Waals surface area contributed by atoms with Crippen LogP contribution in [0.2, 0.25) is 0 Å². The smallest absolute Gasteiger partial charge is 0.248 e. The van der Waals surface area contributed by atoms with Crippen molar-refractivity contribution >= 4 is 29.4 Å². The van der Waals surface area contributed by atoms with Crippen molar-refractivity contribution in [2.75, 3.05) is 5.32 Å². The van der Waals surface area contributed by atoms with Crippen LogP contribution in [0.4, 0.5) is 5.69 Å². The monoisotopic (exact) mass is 365 g/mol. The number of amides is 1. The third kappa shape index (κ3) is 5.03. The molecule has 2 heterocycles. The maximum atomic E-state index is 12.0. The molecule has 0 bridgehead atoms. The van der Waals surface area contributed by atoms with Crippen LogP contribution in [0.3, 0.4) is 0 Å². The standard InChI is InChI=1S/C19H19N5OS/c1-13-10-14(2)22-19(21-13)26-17-7-5-16(6-8-17)23-18(25)9-4-15-11-20-24(3)12-15/h4-12H,1-3H3,(H,23,25)/b9-4+. The molecule has 0 atom stereocenters. The summed E-state index contributed by atoms with van der Waals surface area (Å²) in [6.45, 7) is 3.91. The Balaban J connectivity index is 1.60. The van der Waals surface area contributed by atoms with E-state index in [9.17, 15) is 4.79 Å². The predicted molar refractivity (Wildman–Crippen MR) is 103 cm³/mol. The summed E-state index contributed by atoms with van der Waals surface area (Å²) in [5.41, 5.74) is 3.51. The molecule has 1 aromatic carbocycles. The molecule has 0 saturated heterocycles. The molecule has 3 rings (SSSR count). The molecule has 3 aromatic rings. The number of hydrogen-bond donors (Lipinski definition) is 1. The molecule has 1 amide bonds. The second-order valence-electron chi connectivity index (χ2n) is 5.83. The van der Waals surface area contributed by atoms with Crippen LogP contribution in [-0.4, -0.2) is 25.7 Å². The summed E-state index contributed by atoms with van der Waals surface area (Å²) in [7, 11) is 1.83. The zero-order valence-electron chi connectivity index (χ0n) is 14.8. The Morgan fingerprint density at radius 2 is 1.85 bits per heavy atom. The van der Waals surface area contributed by atoms with E-state index in [1.807, 2.05) is 57.4 Å². The van der Waals surface area contributed by atoms with E-state index in [0.717, 1.165) is 32.7 Å². The van der Waals surface area contributed by atoms with Gasteiger partial charge in [-0.25, -0.2) is 9.97 Å². The molecule has 0 aliphatic rings. The van der Waals surface area contributed by atoms with E-state index in [1.54, 1.807) is 17.0 Å². The summed E-state index contributed by atoms with van der Waals surface area (Å²) in [5.74, 6) is -0.188. The number of aryl methyl sites for hydroxylation is 3. The Labute approximate surface area is 156 Å². The molecular formula is C19H19N5OS. The van der Waals surface area contributed by atoms with E-state index in [-0.39, 0.29) is 5.91 Å². The number of rotatable bonds is 5. The minimum absolute atomic E-state index is 0.188. The van der Waals surface area contributed by atoms with E-state index in [4.69, 9.17) is 0 Å². The van der Waals surface area contributed by atoms with Crippen molar-refractivity contribution in [1.82, 2.24) is 19.7 Å². The fourth-order valence-corrected chi connectivity index (χ4v) is 3.20. The van der Waals surface area contributed by atoms with Gasteiger partial charge in [0.25, 0.3) is 0 Å². The maximum absolute atomic E-state index is 12.0. The Morgan fingerprint density at radius 3 is 2.46 bits per heavy atom. The number of nitrogens with one attached hydrogen (secondary N) is 1. The summed E-state index contributed by atoms with van der Waals surface area (Å²) < 4.78 is 1.69. The molecule has 0 saturated carbocycles. The number of anilines is 1. The summed E-state index contributed by atoms with van der Waals surface area (Å²) in [6, 6.07) is 9.54. The number of carbonyl (C=O) groups excluding carboxylic acids is 1. The largest absolute Gasteiger partial charge is 0.323 e. The molecule has 0 fully saturated rings. The normalized spacial score (nSPS) is 11.0. The maximum Gasteiger partial charge on any atom is 0.248 e. The Morgan fingerprint density at radius 1 is 1.15 bits per heavy atom. The van der Waals surface area contributed by atoms with Gasteiger partial charge in [0.05, 0.1) is 6.20 Å². The molecule has 0 unspecified atom stereocenters. The van der Waals surface area contributed by atoms with E-state index in [0.29, 0.717) is 0 Å². The van der Waals surface area contributed by atoms with E-state index < -0.39 is 0 Å². The van der Waals surface area contributed by atoms with Gasteiger partial charge in [0, 0.05) is 46.9 Å². The van der Waals surface area contributed by atoms with Crippen LogP contribution < -0.4 is 5.32 Å². The first-order valence-corrected chi connectivity index (χ1v) is 8.87. The highest BCUT2D eigenvalue weighted by atomic mass is 32.2. The molecule has 7 heteroatoms. The minimum atomic E-state index is -0.188. The fourth-order valence-electron chi connectivity index (χ4n) is 2.33. The van der Waals surface area contributed by atoms with Crippen molar-refractivity contribution in [1.29, 1.82) is 0 Å². The summed E-state index contributed by atoms with van der Waals surface area (Å²) in [6.07, 6.45) is 6.75. The number of carbonyl (C=O) groups is 1. The van der Waals surface area contributed by atoms with Crippen molar-refractivity contribution in [3.05, 3.63) is 65.8 Å². The van der Waals surface area contributed by atoms with Crippen molar-refractivity contribution in [3.63, 3.8) is 0 Å². The third-order valence-corrected chi connectivity index (χ3v) is 4.32. The molecule has 0 radical (unpaired) electrons. The average molecular weight is 365 g/mol. The first-order chi connectivity index (χ1) is 12.5. The zero-order valence-corrected chi connectivity index (χ0v) is 15.6. The lowest BCUT2D eigenvalue weighted by Crippen LogP contribution is -2.07. The molecular weight excluding hydrogens is 346 g/mol. The SMILES string of the molecule is Cc1cc(C)nc(Sc2ccc(NC(=O)/C=C/c3cnn(C)c3)cc2)n1. The van der Waals surface area contributed by atoms with Crippen molar-refractivity contribution in [2.24, 2.45) is 7.05 Å².